The van der Waals surface area contributed by atoms with Crippen LogP contribution < -0.4 is 20.1 Å². The average Bonchev–Trinajstić information content (AvgIpc) is 2.69. The van der Waals surface area contributed by atoms with Gasteiger partial charge in [0.15, 0.2) is 0 Å². The number of ether oxygens (including phenoxy) is 2. The number of urea groups is 1. The van der Waals surface area contributed by atoms with Gasteiger partial charge in [0.05, 0.1) is 18.4 Å². The second-order valence-electron chi connectivity index (χ2n) is 5.80. The SMILES string of the molecule is COc1ccc(C(F)(F)F)cc1NC(=O)Nc1ccc(Oc2ccncc2)cc1. The van der Waals surface area contributed by atoms with E-state index in [1.807, 2.05) is 0 Å². The molecule has 0 fully saturated rings. The normalized spacial score (nSPS) is 10.9. The first-order valence-electron chi connectivity index (χ1n) is 8.36. The Kier molecular flexibility index (Phi) is 5.87. The van der Waals surface area contributed by atoms with Crippen LogP contribution in [0, 0.1) is 0 Å². The van der Waals surface area contributed by atoms with Crippen molar-refractivity contribution in [2.24, 2.45) is 0 Å². The summed E-state index contributed by atoms with van der Waals surface area (Å²) < 4.78 is 49.3. The van der Waals surface area contributed by atoms with E-state index in [1.165, 1.54) is 7.11 Å². The molecule has 0 radical (unpaired) electrons. The predicted molar refractivity (Wildman–Crippen MR) is 101 cm³/mol. The smallest absolute Gasteiger partial charge is 0.416 e. The van der Waals surface area contributed by atoms with Gasteiger partial charge in [-0.3, -0.25) is 4.98 Å². The zero-order chi connectivity index (χ0) is 20.9. The molecule has 3 rings (SSSR count). The fourth-order valence-electron chi connectivity index (χ4n) is 2.42. The zero-order valence-corrected chi connectivity index (χ0v) is 15.2. The second-order valence-corrected chi connectivity index (χ2v) is 5.80. The van der Waals surface area contributed by atoms with Gasteiger partial charge in [0.1, 0.15) is 17.2 Å². The Morgan fingerprint density at radius 1 is 0.931 bits per heavy atom. The summed E-state index contributed by atoms with van der Waals surface area (Å²) in [7, 11) is 1.30. The van der Waals surface area contributed by atoms with E-state index in [1.54, 1.807) is 48.8 Å². The van der Waals surface area contributed by atoms with Crippen molar-refractivity contribution in [2.45, 2.75) is 6.18 Å². The minimum atomic E-state index is -4.54. The van der Waals surface area contributed by atoms with Gasteiger partial charge in [-0.2, -0.15) is 13.2 Å². The standard InChI is InChI=1S/C20H16F3N3O3/c1-28-18-7-2-13(20(21,22)23)12-17(18)26-19(27)25-14-3-5-15(6-4-14)29-16-8-10-24-11-9-16/h2-12H,1H3,(H2,25,26,27). The highest BCUT2D eigenvalue weighted by Crippen LogP contribution is 2.35. The number of carbonyl (C=O) groups excluding carboxylic acids is 1. The van der Waals surface area contributed by atoms with Gasteiger partial charge in [0.25, 0.3) is 0 Å². The summed E-state index contributed by atoms with van der Waals surface area (Å²) in [4.78, 5) is 16.1. The molecular weight excluding hydrogens is 387 g/mol. The average molecular weight is 403 g/mol. The second kappa shape index (κ2) is 8.51. The molecule has 6 nitrogen and oxygen atoms in total. The van der Waals surface area contributed by atoms with Gasteiger partial charge in [-0.25, -0.2) is 4.79 Å². The van der Waals surface area contributed by atoms with Crippen molar-refractivity contribution in [2.75, 3.05) is 17.7 Å². The summed E-state index contributed by atoms with van der Waals surface area (Å²) in [5.74, 6) is 1.26. The number of benzene rings is 2. The third-order valence-electron chi connectivity index (χ3n) is 3.77. The molecule has 0 atom stereocenters. The first kappa shape index (κ1) is 20.0. The lowest BCUT2D eigenvalue weighted by atomic mass is 10.2. The molecule has 150 valence electrons. The van der Waals surface area contributed by atoms with Crippen LogP contribution in [0.1, 0.15) is 5.56 Å². The number of nitrogens with one attached hydrogen (secondary N) is 2. The summed E-state index contributed by atoms with van der Waals surface area (Å²) >= 11 is 0. The summed E-state index contributed by atoms with van der Waals surface area (Å²) in [5, 5.41) is 4.90. The topological polar surface area (TPSA) is 72.5 Å². The van der Waals surface area contributed by atoms with Crippen LogP contribution >= 0.6 is 0 Å². The van der Waals surface area contributed by atoms with Crippen molar-refractivity contribution in [3.05, 3.63) is 72.6 Å². The monoisotopic (exact) mass is 403 g/mol. The fraction of sp³-hybridized carbons (Fsp3) is 0.100. The lowest BCUT2D eigenvalue weighted by Gasteiger charge is -2.14. The van der Waals surface area contributed by atoms with E-state index in [4.69, 9.17) is 9.47 Å². The minimum absolute atomic E-state index is 0.0996. The van der Waals surface area contributed by atoms with Crippen molar-refractivity contribution in [3.63, 3.8) is 0 Å². The largest absolute Gasteiger partial charge is 0.495 e. The van der Waals surface area contributed by atoms with Gasteiger partial charge in [-0.1, -0.05) is 0 Å². The van der Waals surface area contributed by atoms with E-state index in [-0.39, 0.29) is 11.4 Å². The zero-order valence-electron chi connectivity index (χ0n) is 15.2. The van der Waals surface area contributed by atoms with Gasteiger partial charge in [0, 0.05) is 18.1 Å². The summed E-state index contributed by atoms with van der Waals surface area (Å²) in [6, 6.07) is 12.0. The number of aromatic nitrogens is 1. The quantitative estimate of drug-likeness (QED) is 0.586. The van der Waals surface area contributed by atoms with E-state index in [2.05, 4.69) is 15.6 Å². The highest BCUT2D eigenvalue weighted by molar-refractivity contribution is 6.00. The lowest BCUT2D eigenvalue weighted by molar-refractivity contribution is -0.137. The molecule has 1 heterocycles. The molecule has 0 bridgehead atoms. The number of carbonyl (C=O) groups is 1. The first-order valence-corrected chi connectivity index (χ1v) is 8.36. The summed E-state index contributed by atoms with van der Waals surface area (Å²) in [6.45, 7) is 0. The van der Waals surface area contributed by atoms with Crippen LogP contribution in [0.25, 0.3) is 0 Å². The molecule has 0 saturated heterocycles. The molecule has 0 aliphatic heterocycles. The van der Waals surface area contributed by atoms with E-state index in [0.717, 1.165) is 18.2 Å². The number of methoxy groups -OCH3 is 1. The Hall–Kier alpha value is -3.75. The number of pyridine rings is 1. The Labute approximate surface area is 164 Å². The van der Waals surface area contributed by atoms with Crippen LogP contribution in [0.4, 0.5) is 29.3 Å². The maximum atomic E-state index is 12.9. The summed E-state index contributed by atoms with van der Waals surface area (Å²) in [6.07, 6.45) is -1.35. The Morgan fingerprint density at radius 2 is 1.59 bits per heavy atom. The van der Waals surface area contributed by atoms with Crippen LogP contribution in [-0.4, -0.2) is 18.1 Å². The Balaban J connectivity index is 1.66. The molecule has 2 amide bonds. The first-order chi connectivity index (χ1) is 13.8. The number of alkyl halides is 3. The molecule has 29 heavy (non-hydrogen) atoms. The van der Waals surface area contributed by atoms with Crippen molar-refractivity contribution in [1.82, 2.24) is 4.98 Å². The Bertz CT molecular complexity index is 978. The molecule has 0 saturated carbocycles. The molecule has 3 aromatic rings. The van der Waals surface area contributed by atoms with E-state index in [9.17, 15) is 18.0 Å². The predicted octanol–water partition coefficient (Wildman–Crippen LogP) is 5.55. The highest BCUT2D eigenvalue weighted by Gasteiger charge is 2.31. The number of amides is 2. The van der Waals surface area contributed by atoms with E-state index >= 15 is 0 Å². The Morgan fingerprint density at radius 3 is 2.21 bits per heavy atom. The van der Waals surface area contributed by atoms with Crippen molar-refractivity contribution < 1.29 is 27.4 Å². The number of halogens is 3. The molecule has 0 aliphatic rings. The third-order valence-corrected chi connectivity index (χ3v) is 3.77. The highest BCUT2D eigenvalue weighted by atomic mass is 19.4. The lowest BCUT2D eigenvalue weighted by Crippen LogP contribution is -2.20. The summed E-state index contributed by atoms with van der Waals surface area (Å²) in [5.41, 5.74) is -0.570. The van der Waals surface area contributed by atoms with Crippen LogP contribution in [0.3, 0.4) is 0 Å². The molecular formula is C20H16F3N3O3. The van der Waals surface area contributed by atoms with Gasteiger partial charge < -0.3 is 20.1 Å². The molecule has 9 heteroatoms. The molecule has 0 spiro atoms. The van der Waals surface area contributed by atoms with Crippen molar-refractivity contribution >= 4 is 17.4 Å². The minimum Gasteiger partial charge on any atom is -0.495 e. The van der Waals surface area contributed by atoms with Crippen molar-refractivity contribution in [1.29, 1.82) is 0 Å². The van der Waals surface area contributed by atoms with Crippen LogP contribution in [0.2, 0.25) is 0 Å². The number of hydrogen-bond donors (Lipinski definition) is 2. The van der Waals surface area contributed by atoms with Gasteiger partial charge in [0.2, 0.25) is 0 Å². The fourth-order valence-corrected chi connectivity index (χ4v) is 2.42. The number of anilines is 2. The third kappa shape index (κ3) is 5.38. The van der Waals surface area contributed by atoms with Crippen molar-refractivity contribution in [3.8, 4) is 17.2 Å². The van der Waals surface area contributed by atoms with Gasteiger partial charge in [-0.15, -0.1) is 0 Å². The molecule has 2 aromatic carbocycles. The maximum absolute atomic E-state index is 12.9. The van der Waals surface area contributed by atoms with Gasteiger partial charge >= 0.3 is 12.2 Å². The van der Waals surface area contributed by atoms with Gasteiger partial charge in [-0.05, 0) is 54.6 Å². The molecule has 0 aliphatic carbocycles. The molecule has 0 unspecified atom stereocenters. The van der Waals surface area contributed by atoms with Crippen LogP contribution in [0.5, 0.6) is 17.2 Å². The molecule has 2 N–H and O–H groups in total. The number of rotatable bonds is 5. The van der Waals surface area contributed by atoms with E-state index < -0.39 is 17.8 Å². The van der Waals surface area contributed by atoms with Crippen LogP contribution in [0.15, 0.2) is 67.0 Å². The van der Waals surface area contributed by atoms with Crippen LogP contribution in [-0.2, 0) is 6.18 Å². The molecule has 1 aromatic heterocycles. The number of hydrogen-bond acceptors (Lipinski definition) is 4. The maximum Gasteiger partial charge on any atom is 0.416 e. The number of nitrogens with zero attached hydrogens (tertiary/aromatic N) is 1. The van der Waals surface area contributed by atoms with E-state index in [0.29, 0.717) is 17.2 Å².